The molecular weight excluding hydrogens is 600 g/mol. The molecular formula is C40H34N4O4. The van der Waals surface area contributed by atoms with Crippen molar-refractivity contribution >= 4 is 21.5 Å². The Balaban J connectivity index is 1.13. The predicted octanol–water partition coefficient (Wildman–Crippen LogP) is 8.70. The molecule has 0 saturated carbocycles. The minimum Gasteiger partial charge on any atom is -0.496 e. The van der Waals surface area contributed by atoms with Gasteiger partial charge in [-0.25, -0.2) is 0 Å². The van der Waals surface area contributed by atoms with Gasteiger partial charge in [-0.05, 0) is 38.1 Å². The molecule has 0 aliphatic rings. The normalized spacial score (nSPS) is 11.1. The molecule has 8 heteroatoms. The molecule has 0 aliphatic carbocycles. The second kappa shape index (κ2) is 13.4. The van der Waals surface area contributed by atoms with E-state index in [0.29, 0.717) is 23.3 Å². The summed E-state index contributed by atoms with van der Waals surface area (Å²) in [6.45, 7) is 4.52. The molecule has 0 saturated heterocycles. The number of benzene rings is 5. The van der Waals surface area contributed by atoms with Crippen molar-refractivity contribution in [3.8, 4) is 45.8 Å². The van der Waals surface area contributed by atoms with Crippen LogP contribution in [0.5, 0.6) is 23.3 Å². The lowest BCUT2D eigenvalue weighted by atomic mass is 10.0. The number of hydrogen-bond donors (Lipinski definition) is 0. The molecule has 7 aromatic rings. The molecule has 7 rings (SSSR count). The van der Waals surface area contributed by atoms with Crippen LogP contribution in [-0.4, -0.2) is 34.6 Å². The maximum Gasteiger partial charge on any atom is 0.241 e. The maximum atomic E-state index is 6.27. The number of aryl methyl sites for hydroxylation is 2. The average molecular weight is 635 g/mol. The molecule has 8 nitrogen and oxygen atoms in total. The Morgan fingerprint density at radius 3 is 1.21 bits per heavy atom. The van der Waals surface area contributed by atoms with Crippen molar-refractivity contribution in [2.24, 2.45) is 0 Å². The van der Waals surface area contributed by atoms with Gasteiger partial charge in [0.2, 0.25) is 11.8 Å². The summed E-state index contributed by atoms with van der Waals surface area (Å²) in [6.07, 6.45) is 0. The highest BCUT2D eigenvalue weighted by molar-refractivity contribution is 5.97. The molecule has 0 spiro atoms. The summed E-state index contributed by atoms with van der Waals surface area (Å²) >= 11 is 0. The standard InChI is InChI=1S/C40H34N4O4/c1-25-13-17-27(18-14-25)37-31-9-5-7-11-33(31)39(43-41-37)47-23-29-21-36(46-4)30(22-35(29)45-3)24-48-40-34-12-8-6-10-32(34)38(42-44-40)28-19-15-26(2)16-20-28/h5-22H,23-24H2,1-4H3. The van der Waals surface area contributed by atoms with E-state index in [4.69, 9.17) is 18.9 Å². The van der Waals surface area contributed by atoms with Gasteiger partial charge in [0.05, 0.1) is 14.2 Å². The van der Waals surface area contributed by atoms with Crippen LogP contribution in [0.15, 0.2) is 109 Å². The smallest absolute Gasteiger partial charge is 0.241 e. The van der Waals surface area contributed by atoms with Gasteiger partial charge in [-0.1, -0.05) is 96.1 Å². The zero-order valence-electron chi connectivity index (χ0n) is 27.2. The highest BCUT2D eigenvalue weighted by atomic mass is 16.5. The Hall–Kier alpha value is -6.02. The quantitative estimate of drug-likeness (QED) is 0.148. The Morgan fingerprint density at radius 2 is 0.833 bits per heavy atom. The van der Waals surface area contributed by atoms with Gasteiger partial charge in [0.25, 0.3) is 0 Å². The zero-order chi connectivity index (χ0) is 33.0. The molecule has 0 bridgehead atoms. The highest BCUT2D eigenvalue weighted by Crippen LogP contribution is 2.35. The molecule has 0 fully saturated rings. The average Bonchev–Trinajstić information content (AvgIpc) is 3.13. The number of nitrogens with zero attached hydrogens (tertiary/aromatic N) is 4. The van der Waals surface area contributed by atoms with E-state index in [1.54, 1.807) is 14.2 Å². The monoisotopic (exact) mass is 634 g/mol. The summed E-state index contributed by atoms with van der Waals surface area (Å²) in [4.78, 5) is 0. The van der Waals surface area contributed by atoms with Crippen molar-refractivity contribution in [3.63, 3.8) is 0 Å². The van der Waals surface area contributed by atoms with Crippen LogP contribution in [0.3, 0.4) is 0 Å². The lowest BCUT2D eigenvalue weighted by molar-refractivity contribution is 0.277. The highest BCUT2D eigenvalue weighted by Gasteiger charge is 2.17. The second-order valence-electron chi connectivity index (χ2n) is 11.6. The van der Waals surface area contributed by atoms with Crippen LogP contribution in [0.2, 0.25) is 0 Å². The van der Waals surface area contributed by atoms with E-state index in [-0.39, 0.29) is 13.2 Å². The minimum absolute atomic E-state index is 0.194. The van der Waals surface area contributed by atoms with E-state index in [9.17, 15) is 0 Å². The summed E-state index contributed by atoms with van der Waals surface area (Å²) in [7, 11) is 3.26. The molecule has 0 atom stereocenters. The number of methoxy groups -OCH3 is 2. The van der Waals surface area contributed by atoms with Crippen molar-refractivity contribution < 1.29 is 18.9 Å². The molecule has 0 N–H and O–H groups in total. The molecule has 0 unspecified atom stereocenters. The van der Waals surface area contributed by atoms with Crippen LogP contribution in [0, 0.1) is 13.8 Å². The van der Waals surface area contributed by atoms with Gasteiger partial charge in [0.1, 0.15) is 36.1 Å². The van der Waals surface area contributed by atoms with Crippen LogP contribution in [-0.2, 0) is 13.2 Å². The third-order valence-corrected chi connectivity index (χ3v) is 8.37. The zero-order valence-corrected chi connectivity index (χ0v) is 27.2. The summed E-state index contributed by atoms with van der Waals surface area (Å²) in [5, 5.41) is 21.7. The summed E-state index contributed by atoms with van der Waals surface area (Å²) < 4.78 is 24.1. The molecule has 48 heavy (non-hydrogen) atoms. The first-order valence-corrected chi connectivity index (χ1v) is 15.7. The molecule has 0 aliphatic heterocycles. The lowest BCUT2D eigenvalue weighted by Gasteiger charge is -2.17. The van der Waals surface area contributed by atoms with Gasteiger partial charge in [0, 0.05) is 43.8 Å². The van der Waals surface area contributed by atoms with Crippen LogP contribution >= 0.6 is 0 Å². The van der Waals surface area contributed by atoms with Crippen molar-refractivity contribution in [3.05, 3.63) is 131 Å². The number of ether oxygens (including phenoxy) is 4. The van der Waals surface area contributed by atoms with E-state index in [1.165, 1.54) is 11.1 Å². The fraction of sp³-hybridized carbons (Fsp3) is 0.150. The molecule has 0 amide bonds. The van der Waals surface area contributed by atoms with E-state index < -0.39 is 0 Å². The van der Waals surface area contributed by atoms with E-state index in [2.05, 4.69) is 82.8 Å². The Kier molecular flexibility index (Phi) is 8.53. The SMILES string of the molecule is COc1cc(COc2nnc(-c3ccc(C)cc3)c3ccccc23)c(OC)cc1COc1nnc(-c2ccc(C)cc2)c2ccccc12. The van der Waals surface area contributed by atoms with E-state index in [0.717, 1.165) is 55.2 Å². The van der Waals surface area contributed by atoms with Crippen molar-refractivity contribution in [2.75, 3.05) is 14.2 Å². The molecule has 238 valence electrons. The Bertz CT molecular complexity index is 2080. The molecule has 2 heterocycles. The van der Waals surface area contributed by atoms with Gasteiger partial charge < -0.3 is 18.9 Å². The first kappa shape index (κ1) is 30.6. The minimum atomic E-state index is 0.194. The Morgan fingerprint density at radius 1 is 0.458 bits per heavy atom. The van der Waals surface area contributed by atoms with Crippen LogP contribution < -0.4 is 18.9 Å². The van der Waals surface area contributed by atoms with Crippen molar-refractivity contribution in [1.82, 2.24) is 20.4 Å². The van der Waals surface area contributed by atoms with Gasteiger partial charge in [-0.2, -0.15) is 0 Å². The fourth-order valence-electron chi connectivity index (χ4n) is 5.76. The first-order chi connectivity index (χ1) is 23.5. The fourth-order valence-corrected chi connectivity index (χ4v) is 5.76. The number of aromatic nitrogens is 4. The van der Waals surface area contributed by atoms with Gasteiger partial charge in [-0.3, -0.25) is 0 Å². The largest absolute Gasteiger partial charge is 0.496 e. The maximum absolute atomic E-state index is 6.27. The molecule has 0 radical (unpaired) electrons. The van der Waals surface area contributed by atoms with Gasteiger partial charge in [0.15, 0.2) is 0 Å². The van der Waals surface area contributed by atoms with E-state index in [1.807, 2.05) is 60.7 Å². The molecule has 2 aromatic heterocycles. The first-order valence-electron chi connectivity index (χ1n) is 15.7. The van der Waals surface area contributed by atoms with Crippen molar-refractivity contribution in [1.29, 1.82) is 0 Å². The van der Waals surface area contributed by atoms with Crippen LogP contribution in [0.25, 0.3) is 44.1 Å². The second-order valence-corrected chi connectivity index (χ2v) is 11.6. The number of rotatable bonds is 10. The van der Waals surface area contributed by atoms with Crippen molar-refractivity contribution in [2.45, 2.75) is 27.1 Å². The third kappa shape index (κ3) is 6.08. The van der Waals surface area contributed by atoms with Crippen LogP contribution in [0.4, 0.5) is 0 Å². The lowest BCUT2D eigenvalue weighted by Crippen LogP contribution is -2.06. The number of fused-ring (bicyclic) bond motifs is 2. The summed E-state index contributed by atoms with van der Waals surface area (Å²) in [5.74, 6) is 2.14. The predicted molar refractivity (Wildman–Crippen MR) is 188 cm³/mol. The summed E-state index contributed by atoms with van der Waals surface area (Å²) in [6, 6.07) is 36.3. The molecule has 5 aromatic carbocycles. The Labute approximate surface area is 278 Å². The van der Waals surface area contributed by atoms with Gasteiger partial charge in [-0.15, -0.1) is 20.4 Å². The number of hydrogen-bond acceptors (Lipinski definition) is 8. The third-order valence-electron chi connectivity index (χ3n) is 8.37. The summed E-state index contributed by atoms with van der Waals surface area (Å²) in [5.41, 5.74) is 7.58. The topological polar surface area (TPSA) is 88.5 Å². The van der Waals surface area contributed by atoms with E-state index >= 15 is 0 Å². The van der Waals surface area contributed by atoms with Crippen LogP contribution in [0.1, 0.15) is 22.3 Å². The van der Waals surface area contributed by atoms with Gasteiger partial charge >= 0.3 is 0 Å².